The molecule has 0 aliphatic rings. The van der Waals surface area contributed by atoms with Gasteiger partial charge in [0, 0.05) is 12.8 Å². The van der Waals surface area contributed by atoms with E-state index in [4.69, 9.17) is 0 Å². The Labute approximate surface area is 98.9 Å². The lowest BCUT2D eigenvalue weighted by atomic mass is 9.89. The molecule has 0 radical (unpaired) electrons. The van der Waals surface area contributed by atoms with Crippen molar-refractivity contribution < 1.29 is 4.79 Å². The molecule has 1 aromatic carbocycles. The molecular weight excluding hydrogens is 196 g/mol. The average Bonchev–Trinajstić information content (AvgIpc) is 2.30. The maximum atomic E-state index is 11.7. The number of hydrogen-bond acceptors (Lipinski definition) is 1. The number of carbonyl (C=O) groups is 1. The molecule has 0 heterocycles. The molecule has 0 aliphatic heterocycles. The molecule has 1 atom stereocenters. The Bertz CT molecular complexity index is 302. The largest absolute Gasteiger partial charge is 0.300 e. The monoisotopic (exact) mass is 218 g/mol. The molecule has 0 saturated heterocycles. The van der Waals surface area contributed by atoms with Crippen LogP contribution in [0.2, 0.25) is 0 Å². The summed E-state index contributed by atoms with van der Waals surface area (Å²) in [5.41, 5.74) is 1.31. The maximum absolute atomic E-state index is 11.7. The second kappa shape index (κ2) is 7.21. The van der Waals surface area contributed by atoms with Crippen LogP contribution in [0.4, 0.5) is 0 Å². The first-order valence-electron chi connectivity index (χ1n) is 6.34. The van der Waals surface area contributed by atoms with Crippen LogP contribution in [0.3, 0.4) is 0 Å². The second-order valence-electron chi connectivity index (χ2n) is 4.39. The van der Waals surface area contributed by atoms with Crippen LogP contribution in [0.1, 0.15) is 57.4 Å². The highest BCUT2D eigenvalue weighted by Crippen LogP contribution is 2.25. The summed E-state index contributed by atoms with van der Waals surface area (Å²) in [5, 5.41) is 0. The van der Waals surface area contributed by atoms with E-state index in [2.05, 4.69) is 38.1 Å². The zero-order chi connectivity index (χ0) is 11.8. The zero-order valence-corrected chi connectivity index (χ0v) is 10.4. The van der Waals surface area contributed by atoms with Gasteiger partial charge in [-0.2, -0.15) is 0 Å². The summed E-state index contributed by atoms with van der Waals surface area (Å²) in [5.74, 6) is 0.829. The van der Waals surface area contributed by atoms with Crippen molar-refractivity contribution in [1.29, 1.82) is 0 Å². The number of ketones is 1. The smallest absolute Gasteiger partial charge is 0.133 e. The Balaban J connectivity index is 2.64. The Morgan fingerprint density at radius 3 is 2.38 bits per heavy atom. The van der Waals surface area contributed by atoms with Gasteiger partial charge < -0.3 is 0 Å². The number of benzene rings is 1. The minimum Gasteiger partial charge on any atom is -0.300 e. The van der Waals surface area contributed by atoms with Crippen molar-refractivity contribution in [2.75, 3.05) is 0 Å². The van der Waals surface area contributed by atoms with Crippen molar-refractivity contribution in [3.8, 4) is 0 Å². The zero-order valence-electron chi connectivity index (χ0n) is 10.4. The first-order valence-corrected chi connectivity index (χ1v) is 6.34. The Morgan fingerprint density at radius 1 is 1.12 bits per heavy atom. The second-order valence-corrected chi connectivity index (χ2v) is 4.39. The Hall–Kier alpha value is -1.11. The van der Waals surface area contributed by atoms with Gasteiger partial charge >= 0.3 is 0 Å². The van der Waals surface area contributed by atoms with Crippen LogP contribution in [0.25, 0.3) is 0 Å². The Kier molecular flexibility index (Phi) is 5.84. The van der Waals surface area contributed by atoms with E-state index in [0.29, 0.717) is 18.1 Å². The van der Waals surface area contributed by atoms with Crippen molar-refractivity contribution in [3.63, 3.8) is 0 Å². The van der Waals surface area contributed by atoms with Crippen molar-refractivity contribution in [1.82, 2.24) is 0 Å². The SMILES string of the molecule is CCCC(=O)CC(CCC)c1ccccc1. The van der Waals surface area contributed by atoms with Crippen LogP contribution in [-0.2, 0) is 4.79 Å². The van der Waals surface area contributed by atoms with E-state index in [9.17, 15) is 4.79 Å². The number of rotatable bonds is 7. The van der Waals surface area contributed by atoms with Crippen LogP contribution < -0.4 is 0 Å². The van der Waals surface area contributed by atoms with Gasteiger partial charge in [0.2, 0.25) is 0 Å². The summed E-state index contributed by atoms with van der Waals surface area (Å²) in [6.45, 7) is 4.25. The fraction of sp³-hybridized carbons (Fsp3) is 0.533. The summed E-state index contributed by atoms with van der Waals surface area (Å²) < 4.78 is 0. The van der Waals surface area contributed by atoms with E-state index in [1.54, 1.807) is 0 Å². The fourth-order valence-corrected chi connectivity index (χ4v) is 2.12. The van der Waals surface area contributed by atoms with Crippen molar-refractivity contribution in [2.24, 2.45) is 0 Å². The van der Waals surface area contributed by atoms with E-state index >= 15 is 0 Å². The van der Waals surface area contributed by atoms with E-state index in [1.165, 1.54) is 5.56 Å². The highest BCUT2D eigenvalue weighted by atomic mass is 16.1. The third kappa shape index (κ3) is 4.18. The summed E-state index contributed by atoms with van der Waals surface area (Å²) in [6.07, 6.45) is 4.66. The minimum absolute atomic E-state index is 0.407. The molecule has 1 nitrogen and oxygen atoms in total. The van der Waals surface area contributed by atoms with Crippen LogP contribution in [0, 0.1) is 0 Å². The number of carbonyl (C=O) groups excluding carboxylic acids is 1. The van der Waals surface area contributed by atoms with Gasteiger partial charge in [-0.05, 0) is 24.3 Å². The topological polar surface area (TPSA) is 17.1 Å². The van der Waals surface area contributed by atoms with Crippen LogP contribution in [0.15, 0.2) is 30.3 Å². The summed E-state index contributed by atoms with van der Waals surface area (Å²) >= 11 is 0. The van der Waals surface area contributed by atoms with E-state index in [1.807, 2.05) is 6.07 Å². The van der Waals surface area contributed by atoms with Crippen molar-refractivity contribution in [3.05, 3.63) is 35.9 Å². The molecule has 0 fully saturated rings. The standard InChI is InChI=1S/C15H22O/c1-3-8-14(12-15(16)9-4-2)13-10-6-5-7-11-13/h5-7,10-11,14H,3-4,8-9,12H2,1-2H3. The van der Waals surface area contributed by atoms with Crippen LogP contribution in [0.5, 0.6) is 0 Å². The third-order valence-corrected chi connectivity index (χ3v) is 2.91. The van der Waals surface area contributed by atoms with E-state index in [0.717, 1.165) is 25.7 Å². The fourth-order valence-electron chi connectivity index (χ4n) is 2.12. The lowest BCUT2D eigenvalue weighted by Gasteiger charge is -2.15. The van der Waals surface area contributed by atoms with Gasteiger partial charge in [0.25, 0.3) is 0 Å². The van der Waals surface area contributed by atoms with Gasteiger partial charge in [0.05, 0.1) is 0 Å². The molecule has 1 aromatic rings. The summed E-state index contributed by atoms with van der Waals surface area (Å²) in [7, 11) is 0. The average molecular weight is 218 g/mol. The van der Waals surface area contributed by atoms with Gasteiger partial charge in [-0.25, -0.2) is 0 Å². The Morgan fingerprint density at radius 2 is 1.81 bits per heavy atom. The van der Waals surface area contributed by atoms with Crippen molar-refractivity contribution >= 4 is 5.78 Å². The molecule has 0 amide bonds. The number of Topliss-reactive ketones (excluding diaryl/α,β-unsaturated/α-hetero) is 1. The quantitative estimate of drug-likeness (QED) is 0.665. The van der Waals surface area contributed by atoms with E-state index < -0.39 is 0 Å². The molecule has 88 valence electrons. The molecule has 0 spiro atoms. The molecule has 0 bridgehead atoms. The molecule has 0 aromatic heterocycles. The van der Waals surface area contributed by atoms with E-state index in [-0.39, 0.29) is 0 Å². The van der Waals surface area contributed by atoms with Gasteiger partial charge in [-0.3, -0.25) is 4.79 Å². The molecule has 1 heteroatoms. The van der Waals surface area contributed by atoms with Gasteiger partial charge in [0.1, 0.15) is 5.78 Å². The van der Waals surface area contributed by atoms with Crippen LogP contribution in [-0.4, -0.2) is 5.78 Å². The number of hydrogen-bond donors (Lipinski definition) is 0. The molecule has 1 rings (SSSR count). The molecular formula is C15H22O. The molecule has 0 saturated carbocycles. The lowest BCUT2D eigenvalue weighted by Crippen LogP contribution is -2.06. The van der Waals surface area contributed by atoms with Gasteiger partial charge in [0.15, 0.2) is 0 Å². The highest BCUT2D eigenvalue weighted by Gasteiger charge is 2.14. The summed E-state index contributed by atoms with van der Waals surface area (Å²) in [6, 6.07) is 10.4. The summed E-state index contributed by atoms with van der Waals surface area (Å²) in [4.78, 5) is 11.7. The molecule has 16 heavy (non-hydrogen) atoms. The van der Waals surface area contributed by atoms with Crippen LogP contribution >= 0.6 is 0 Å². The minimum atomic E-state index is 0.407. The highest BCUT2D eigenvalue weighted by molar-refractivity contribution is 5.79. The van der Waals surface area contributed by atoms with Gasteiger partial charge in [-0.1, -0.05) is 50.6 Å². The predicted molar refractivity (Wildman–Crippen MR) is 68.6 cm³/mol. The molecule has 0 N–H and O–H groups in total. The normalized spacial score (nSPS) is 12.4. The predicted octanol–water partition coefficient (Wildman–Crippen LogP) is 4.33. The first-order chi connectivity index (χ1) is 7.77. The maximum Gasteiger partial charge on any atom is 0.133 e. The first kappa shape index (κ1) is 13.0. The lowest BCUT2D eigenvalue weighted by molar-refractivity contribution is -0.119. The third-order valence-electron chi connectivity index (χ3n) is 2.91. The molecule has 1 unspecified atom stereocenters. The molecule has 0 aliphatic carbocycles. The van der Waals surface area contributed by atoms with Crippen molar-refractivity contribution in [2.45, 2.75) is 51.9 Å². The van der Waals surface area contributed by atoms with Gasteiger partial charge in [-0.15, -0.1) is 0 Å².